The molecule has 0 spiro atoms. The molecule has 0 N–H and O–H groups in total. The van der Waals surface area contributed by atoms with Crippen LogP contribution in [0.1, 0.15) is 20.3 Å². The first-order chi connectivity index (χ1) is 4.20. The summed E-state index contributed by atoms with van der Waals surface area (Å²) in [7, 11) is 3.71. The molecule has 0 aromatic heterocycles. The van der Waals surface area contributed by atoms with Gasteiger partial charge >= 0.3 is 20.4 Å². The van der Waals surface area contributed by atoms with Crippen molar-refractivity contribution in [1.82, 2.24) is 0 Å². The molecule has 0 aromatic carbocycles. The Morgan fingerprint density at radius 1 is 1.00 bits per heavy atom. The van der Waals surface area contributed by atoms with Gasteiger partial charge in [0.2, 0.25) is 0 Å². The van der Waals surface area contributed by atoms with E-state index in [1.54, 1.807) is 0 Å². The van der Waals surface area contributed by atoms with Crippen molar-refractivity contribution < 1.29 is 20.4 Å². The summed E-state index contributed by atoms with van der Waals surface area (Å²) in [5, 5.41) is 8.23. The average molecular weight is 235 g/mol. The second-order valence-electron chi connectivity index (χ2n) is 2.45. The summed E-state index contributed by atoms with van der Waals surface area (Å²) in [6, 6.07) is 0.924. The van der Waals surface area contributed by atoms with Crippen molar-refractivity contribution in [3.63, 3.8) is 0 Å². The zero-order valence-electron chi connectivity index (χ0n) is 7.07. The molecule has 64 valence electrons. The molecule has 10 heavy (non-hydrogen) atoms. The molecule has 0 fully saturated rings. The van der Waals surface area contributed by atoms with Crippen molar-refractivity contribution >= 4 is 0 Å². The zero-order valence-corrected chi connectivity index (χ0v) is 8.63. The fourth-order valence-corrected chi connectivity index (χ4v) is 0.704. The summed E-state index contributed by atoms with van der Waals surface area (Å²) < 4.78 is 0. The average Bonchev–Trinajstić information content (AvgIpc) is 1.87. The van der Waals surface area contributed by atoms with Gasteiger partial charge in [-0.25, -0.2) is 0 Å². The van der Waals surface area contributed by atoms with Gasteiger partial charge in [-0.1, -0.05) is 20.3 Å². The molecule has 0 saturated heterocycles. The number of hydrogen-bond donors (Lipinski definition) is 0. The Kier molecular flexibility index (Phi) is 10.1. The maximum absolute atomic E-state index is 4.12. The molecule has 0 heterocycles. The molecular formula is C7H16N2Pd. The van der Waals surface area contributed by atoms with Crippen molar-refractivity contribution in [3.05, 3.63) is 10.6 Å². The second kappa shape index (κ2) is 7.69. The van der Waals surface area contributed by atoms with E-state index in [-0.39, 0.29) is 20.4 Å². The Morgan fingerprint density at radius 3 is 1.50 bits per heavy atom. The number of rotatable bonds is 4. The van der Waals surface area contributed by atoms with E-state index in [2.05, 4.69) is 24.5 Å². The molecule has 0 aliphatic carbocycles. The normalized spacial score (nSPS) is 15.6. The van der Waals surface area contributed by atoms with E-state index >= 15 is 0 Å². The Morgan fingerprint density at radius 2 is 1.30 bits per heavy atom. The molecule has 0 saturated carbocycles. The van der Waals surface area contributed by atoms with Gasteiger partial charge in [0.25, 0.3) is 0 Å². The Bertz CT molecular complexity index is 60.6. The molecule has 2 nitrogen and oxygen atoms in total. The Hall–Kier alpha value is 0.582. The van der Waals surface area contributed by atoms with Gasteiger partial charge in [0.05, 0.1) is 0 Å². The van der Waals surface area contributed by atoms with Gasteiger partial charge in [-0.15, -0.1) is 12.1 Å². The summed E-state index contributed by atoms with van der Waals surface area (Å²) in [6.07, 6.45) is 1.08. The van der Waals surface area contributed by atoms with Crippen molar-refractivity contribution in [2.45, 2.75) is 32.4 Å². The summed E-state index contributed by atoms with van der Waals surface area (Å²) in [5.74, 6) is 0. The van der Waals surface area contributed by atoms with Crippen LogP contribution in [0.3, 0.4) is 0 Å². The van der Waals surface area contributed by atoms with Crippen molar-refractivity contribution in [2.75, 3.05) is 14.1 Å². The standard InChI is InChI=1S/C7H16N2.Pd/c1-6(8-3)5-7(2)9-4;/h6-7H,5H2,1-4H3;/q-2;+2. The molecule has 3 heteroatoms. The van der Waals surface area contributed by atoms with Crippen LogP contribution in [-0.2, 0) is 20.4 Å². The summed E-state index contributed by atoms with van der Waals surface area (Å²) in [6.45, 7) is 4.23. The smallest absolute Gasteiger partial charge is 0.663 e. The third kappa shape index (κ3) is 6.70. The van der Waals surface area contributed by atoms with E-state index in [1.807, 2.05) is 14.1 Å². The zero-order chi connectivity index (χ0) is 7.28. The SMILES string of the molecule is C[N-]C(C)CC(C)[N-]C.[Pd+2]. The molecule has 2 unspecified atom stereocenters. The van der Waals surface area contributed by atoms with Gasteiger partial charge in [0.1, 0.15) is 0 Å². The van der Waals surface area contributed by atoms with E-state index in [4.69, 9.17) is 0 Å². The van der Waals surface area contributed by atoms with Crippen LogP contribution in [-0.4, -0.2) is 26.2 Å². The minimum atomic E-state index is 0. The molecule has 0 radical (unpaired) electrons. The summed E-state index contributed by atoms with van der Waals surface area (Å²) >= 11 is 0. The van der Waals surface area contributed by atoms with Crippen LogP contribution in [0, 0.1) is 0 Å². The fraction of sp³-hybridized carbons (Fsp3) is 1.00. The maximum atomic E-state index is 4.12. The van der Waals surface area contributed by atoms with Crippen molar-refractivity contribution in [1.29, 1.82) is 0 Å². The third-order valence-electron chi connectivity index (χ3n) is 1.56. The van der Waals surface area contributed by atoms with Gasteiger partial charge < -0.3 is 10.6 Å². The molecule has 0 aromatic rings. The molecule has 0 amide bonds. The summed E-state index contributed by atoms with van der Waals surface area (Å²) in [4.78, 5) is 0. The van der Waals surface area contributed by atoms with Gasteiger partial charge in [-0.2, -0.15) is 14.1 Å². The second-order valence-corrected chi connectivity index (χ2v) is 2.45. The predicted molar refractivity (Wildman–Crippen MR) is 42.1 cm³/mol. The molecule has 2 atom stereocenters. The van der Waals surface area contributed by atoms with Crippen LogP contribution in [0.25, 0.3) is 10.6 Å². The van der Waals surface area contributed by atoms with Crippen LogP contribution >= 0.6 is 0 Å². The van der Waals surface area contributed by atoms with Crippen LogP contribution in [0.15, 0.2) is 0 Å². The van der Waals surface area contributed by atoms with Gasteiger partial charge in [-0.3, -0.25) is 0 Å². The van der Waals surface area contributed by atoms with E-state index in [9.17, 15) is 0 Å². The van der Waals surface area contributed by atoms with E-state index in [0.717, 1.165) is 6.42 Å². The first kappa shape index (κ1) is 13.2. The largest absolute Gasteiger partial charge is 2.00 e. The van der Waals surface area contributed by atoms with Crippen LogP contribution in [0.2, 0.25) is 0 Å². The van der Waals surface area contributed by atoms with Crippen molar-refractivity contribution in [2.24, 2.45) is 0 Å². The Labute approximate surface area is 77.8 Å². The minimum absolute atomic E-state index is 0. The molecule has 0 rings (SSSR count). The molecule has 0 aliphatic heterocycles. The first-order valence-electron chi connectivity index (χ1n) is 3.38. The van der Waals surface area contributed by atoms with E-state index < -0.39 is 0 Å². The van der Waals surface area contributed by atoms with Crippen LogP contribution in [0.4, 0.5) is 0 Å². The third-order valence-corrected chi connectivity index (χ3v) is 1.56. The first-order valence-corrected chi connectivity index (χ1v) is 3.38. The van der Waals surface area contributed by atoms with E-state index in [0.29, 0.717) is 12.1 Å². The van der Waals surface area contributed by atoms with E-state index in [1.165, 1.54) is 0 Å². The van der Waals surface area contributed by atoms with Crippen molar-refractivity contribution in [3.8, 4) is 0 Å². The fourth-order valence-electron chi connectivity index (χ4n) is 0.704. The quantitative estimate of drug-likeness (QED) is 0.667. The molecular weight excluding hydrogens is 219 g/mol. The number of nitrogens with zero attached hydrogens (tertiary/aromatic N) is 2. The minimum Gasteiger partial charge on any atom is -0.663 e. The van der Waals surface area contributed by atoms with Gasteiger partial charge in [0, 0.05) is 0 Å². The molecule has 0 bridgehead atoms. The monoisotopic (exact) mass is 234 g/mol. The predicted octanol–water partition coefficient (Wildman–Crippen LogP) is 2.16. The number of hydrogen-bond acceptors (Lipinski definition) is 0. The maximum Gasteiger partial charge on any atom is 2.00 e. The van der Waals surface area contributed by atoms with Crippen LogP contribution < -0.4 is 0 Å². The van der Waals surface area contributed by atoms with Gasteiger partial charge in [0.15, 0.2) is 0 Å². The Balaban J connectivity index is 0. The molecule has 0 aliphatic rings. The summed E-state index contributed by atoms with van der Waals surface area (Å²) in [5.41, 5.74) is 0. The van der Waals surface area contributed by atoms with Gasteiger partial charge in [-0.05, 0) is 0 Å². The van der Waals surface area contributed by atoms with Crippen LogP contribution in [0.5, 0.6) is 0 Å². The topological polar surface area (TPSA) is 28.2 Å².